The number of alkyl carbamates (subject to hydrolysis) is 1. The van der Waals surface area contributed by atoms with Crippen molar-refractivity contribution in [3.63, 3.8) is 0 Å². The van der Waals surface area contributed by atoms with Crippen molar-refractivity contribution in [2.45, 2.75) is 18.6 Å². The van der Waals surface area contributed by atoms with Crippen LogP contribution in [0.5, 0.6) is 11.5 Å². The number of nitrogens with zero attached hydrogens (tertiary/aromatic N) is 1. The monoisotopic (exact) mass is 694 g/mol. The zero-order chi connectivity index (χ0) is 35.4. The van der Waals surface area contributed by atoms with Crippen LogP contribution in [-0.4, -0.2) is 29.3 Å². The van der Waals surface area contributed by atoms with Gasteiger partial charge in [-0.1, -0.05) is 97.1 Å². The van der Waals surface area contributed by atoms with Crippen LogP contribution in [0.1, 0.15) is 16.9 Å². The van der Waals surface area contributed by atoms with E-state index in [0.29, 0.717) is 33.5 Å². The number of hydrogen-bond acceptors (Lipinski definition) is 7. The molecule has 0 saturated carbocycles. The SMILES string of the molecule is NC(N)=Nc1cccc2c(C(NC(=O)OCc3ccccc3)P(=O)(Oc3ccccc3)Oc3ccccc3)cccc12.O=C(O)C(F)(F)F. The molecule has 0 spiro atoms. The molecule has 0 aliphatic carbocycles. The van der Waals surface area contributed by atoms with E-state index in [1.807, 2.05) is 54.6 Å². The molecule has 254 valence electrons. The van der Waals surface area contributed by atoms with Crippen LogP contribution in [0.2, 0.25) is 0 Å². The topological polar surface area (TPSA) is 176 Å². The molecule has 5 aromatic carbocycles. The molecule has 5 rings (SSSR count). The highest BCUT2D eigenvalue weighted by Gasteiger charge is 2.43. The molecule has 11 nitrogen and oxygen atoms in total. The fourth-order valence-electron chi connectivity index (χ4n) is 4.38. The van der Waals surface area contributed by atoms with Gasteiger partial charge in [-0.2, -0.15) is 13.2 Å². The Morgan fingerprint density at radius 1 is 0.755 bits per heavy atom. The molecular formula is C34H30F3N4O7P. The van der Waals surface area contributed by atoms with Gasteiger partial charge in [0.2, 0.25) is 0 Å². The Kier molecular flexibility index (Phi) is 11.8. The largest absolute Gasteiger partial charge is 0.490 e. The van der Waals surface area contributed by atoms with Crippen LogP contribution in [-0.2, 0) is 20.7 Å². The minimum absolute atomic E-state index is 0.00690. The maximum absolute atomic E-state index is 15.0. The van der Waals surface area contributed by atoms with Crippen molar-refractivity contribution < 1.29 is 46.2 Å². The van der Waals surface area contributed by atoms with E-state index in [-0.39, 0.29) is 12.6 Å². The predicted octanol–water partition coefficient (Wildman–Crippen LogP) is 7.65. The number of guanidine groups is 1. The van der Waals surface area contributed by atoms with E-state index in [2.05, 4.69) is 10.3 Å². The van der Waals surface area contributed by atoms with Gasteiger partial charge in [0.15, 0.2) is 11.7 Å². The molecule has 0 heterocycles. The van der Waals surface area contributed by atoms with Crippen LogP contribution in [0, 0.1) is 0 Å². The molecule has 1 atom stereocenters. The van der Waals surface area contributed by atoms with E-state index < -0.39 is 31.6 Å². The average molecular weight is 695 g/mol. The molecule has 0 saturated heterocycles. The van der Waals surface area contributed by atoms with E-state index >= 15 is 0 Å². The Labute approximate surface area is 278 Å². The van der Waals surface area contributed by atoms with E-state index in [1.165, 1.54) is 0 Å². The van der Waals surface area contributed by atoms with Crippen molar-refractivity contribution in [1.29, 1.82) is 0 Å². The third-order valence-corrected chi connectivity index (χ3v) is 8.43. The highest BCUT2D eigenvalue weighted by atomic mass is 31.2. The van der Waals surface area contributed by atoms with Gasteiger partial charge in [-0.05, 0) is 46.8 Å². The molecule has 49 heavy (non-hydrogen) atoms. The number of aliphatic imine (C=N–C) groups is 1. The summed E-state index contributed by atoms with van der Waals surface area (Å²) in [6, 6.07) is 37.1. The van der Waals surface area contributed by atoms with Gasteiger partial charge in [0, 0.05) is 5.39 Å². The molecular weight excluding hydrogens is 664 g/mol. The normalized spacial score (nSPS) is 11.7. The van der Waals surface area contributed by atoms with Gasteiger partial charge in [-0.25, -0.2) is 19.1 Å². The number of carboxylic acids is 1. The van der Waals surface area contributed by atoms with Gasteiger partial charge in [0.25, 0.3) is 0 Å². The standard InChI is InChI=1S/C32H29N4O5P.C2HF3O2/c33-31(34)35-29-21-11-18-26-27(29)19-10-20-28(26)30(36-32(37)39-22-23-12-4-1-5-13-23)42(38,40-24-14-6-2-7-15-24)41-25-16-8-3-9-17-25;3-2(4,5)1(6)7/h1-21,30H,22H2,(H,36,37)(H4,33,34,35);(H,6,7). The van der Waals surface area contributed by atoms with Crippen LogP contribution < -0.4 is 25.8 Å². The predicted molar refractivity (Wildman–Crippen MR) is 177 cm³/mol. The number of alkyl halides is 3. The molecule has 0 radical (unpaired) electrons. The fraction of sp³-hybridized carbons (Fsp3) is 0.0882. The molecule has 0 aliphatic rings. The number of nitrogens with two attached hydrogens (primary N) is 2. The zero-order valence-corrected chi connectivity index (χ0v) is 26.4. The van der Waals surface area contributed by atoms with Crippen molar-refractivity contribution in [2.24, 2.45) is 16.5 Å². The van der Waals surface area contributed by atoms with E-state index in [1.54, 1.807) is 72.8 Å². The number of benzene rings is 5. The van der Waals surface area contributed by atoms with E-state index in [0.717, 1.165) is 5.56 Å². The number of amides is 1. The molecule has 15 heteroatoms. The van der Waals surface area contributed by atoms with Crippen LogP contribution in [0.4, 0.5) is 23.7 Å². The summed E-state index contributed by atoms with van der Waals surface area (Å²) in [5.41, 5.74) is 13.1. The van der Waals surface area contributed by atoms with Gasteiger partial charge in [-0.15, -0.1) is 0 Å². The van der Waals surface area contributed by atoms with Crippen LogP contribution in [0.3, 0.4) is 0 Å². The molecule has 0 aliphatic heterocycles. The number of fused-ring (bicyclic) bond motifs is 1. The summed E-state index contributed by atoms with van der Waals surface area (Å²) in [5, 5.41) is 11.2. The van der Waals surface area contributed by atoms with Crippen molar-refractivity contribution in [3.05, 3.63) is 139 Å². The van der Waals surface area contributed by atoms with Crippen LogP contribution >= 0.6 is 7.60 Å². The minimum atomic E-state index is -5.08. The van der Waals surface area contributed by atoms with Gasteiger partial charge in [0.1, 0.15) is 18.1 Å². The average Bonchev–Trinajstić information content (AvgIpc) is 3.07. The molecule has 6 N–H and O–H groups in total. The Bertz CT molecular complexity index is 1900. The number of halogens is 3. The maximum Gasteiger partial charge on any atom is 0.490 e. The second kappa shape index (κ2) is 16.2. The lowest BCUT2D eigenvalue weighted by Crippen LogP contribution is -2.31. The van der Waals surface area contributed by atoms with E-state index in [9.17, 15) is 22.5 Å². The van der Waals surface area contributed by atoms with Crippen LogP contribution in [0.25, 0.3) is 10.8 Å². The molecule has 0 fully saturated rings. The number of aliphatic carboxylic acids is 1. The first-order valence-corrected chi connectivity index (χ1v) is 15.9. The van der Waals surface area contributed by atoms with Crippen molar-refractivity contribution in [2.75, 3.05) is 0 Å². The first kappa shape index (κ1) is 35.8. The minimum Gasteiger partial charge on any atom is -0.475 e. The lowest BCUT2D eigenvalue weighted by atomic mass is 10.0. The molecule has 0 bridgehead atoms. The Morgan fingerprint density at radius 2 is 1.24 bits per heavy atom. The lowest BCUT2D eigenvalue weighted by molar-refractivity contribution is -0.192. The van der Waals surface area contributed by atoms with Gasteiger partial charge < -0.3 is 35.7 Å². The summed E-state index contributed by atoms with van der Waals surface area (Å²) in [5.74, 6) is -3.59. The molecule has 1 unspecified atom stereocenters. The number of ether oxygens (including phenoxy) is 1. The third-order valence-electron chi connectivity index (χ3n) is 6.45. The summed E-state index contributed by atoms with van der Waals surface area (Å²) >= 11 is 0. The van der Waals surface area contributed by atoms with Crippen molar-refractivity contribution in [3.8, 4) is 11.5 Å². The third kappa shape index (κ3) is 10.2. The molecule has 0 aromatic heterocycles. The van der Waals surface area contributed by atoms with Gasteiger partial charge in [-0.3, -0.25) is 0 Å². The summed E-state index contributed by atoms with van der Waals surface area (Å²) in [6.07, 6.45) is -5.89. The number of nitrogens with one attached hydrogen (secondary N) is 1. The molecule has 1 amide bonds. The quantitative estimate of drug-likeness (QED) is 0.0650. The number of rotatable bonds is 10. The Hall–Kier alpha value is -6.01. The zero-order valence-electron chi connectivity index (χ0n) is 25.5. The van der Waals surface area contributed by atoms with Crippen LogP contribution in [0.15, 0.2) is 132 Å². The molecule has 5 aromatic rings. The number of carbonyl (C=O) groups is 2. The first-order chi connectivity index (χ1) is 23.4. The number of hydrogen-bond donors (Lipinski definition) is 4. The fourth-order valence-corrected chi connectivity index (χ4v) is 6.29. The summed E-state index contributed by atoms with van der Waals surface area (Å²) in [6.45, 7) is 0.00690. The highest BCUT2D eigenvalue weighted by molar-refractivity contribution is 7.55. The van der Waals surface area contributed by atoms with Crippen molar-refractivity contribution >= 4 is 42.1 Å². The second-order valence-electron chi connectivity index (χ2n) is 10.0. The number of para-hydroxylation sites is 2. The smallest absolute Gasteiger partial charge is 0.475 e. The lowest BCUT2D eigenvalue weighted by Gasteiger charge is -2.29. The second-order valence-corrected chi connectivity index (χ2v) is 12.0. The Balaban J connectivity index is 0.000000698. The number of carbonyl (C=O) groups excluding carboxylic acids is 1. The highest BCUT2D eigenvalue weighted by Crippen LogP contribution is 2.60. The summed E-state index contributed by atoms with van der Waals surface area (Å²) in [4.78, 5) is 26.4. The van der Waals surface area contributed by atoms with E-state index in [4.69, 9.17) is 35.2 Å². The van der Waals surface area contributed by atoms with Crippen molar-refractivity contribution in [1.82, 2.24) is 5.32 Å². The first-order valence-electron chi connectivity index (χ1n) is 14.3. The summed E-state index contributed by atoms with van der Waals surface area (Å²) in [7, 11) is -4.29. The summed E-state index contributed by atoms with van der Waals surface area (Å²) < 4.78 is 64.5. The van der Waals surface area contributed by atoms with Gasteiger partial charge in [0.05, 0.1) is 5.69 Å². The maximum atomic E-state index is 15.0. The number of carboxylic acid groups (broad SMARTS) is 1. The van der Waals surface area contributed by atoms with Gasteiger partial charge >= 0.3 is 25.8 Å². The Morgan fingerprint density at radius 3 is 1.76 bits per heavy atom.